The summed E-state index contributed by atoms with van der Waals surface area (Å²) in [7, 11) is 1.56. The van der Waals surface area contributed by atoms with Gasteiger partial charge >= 0.3 is 0 Å². The standard InChI is InChI=1S/C19H22Cl3NO3/c1-19(2,11-24)23-9-13-7-16(22)18(17(8-13)25-3)26-10-12-4-5-14(20)15(21)6-12/h4-8,23-24H,9-11H2,1-3H3. The summed E-state index contributed by atoms with van der Waals surface area (Å²) in [6, 6.07) is 8.98. The van der Waals surface area contributed by atoms with Crippen LogP contribution in [0.5, 0.6) is 11.5 Å². The number of halogens is 3. The highest BCUT2D eigenvalue weighted by Gasteiger charge is 2.17. The van der Waals surface area contributed by atoms with Crippen molar-refractivity contribution < 1.29 is 14.6 Å². The van der Waals surface area contributed by atoms with Crippen molar-refractivity contribution in [3.05, 3.63) is 56.5 Å². The molecule has 4 nitrogen and oxygen atoms in total. The molecule has 0 aliphatic rings. The zero-order valence-electron chi connectivity index (χ0n) is 14.9. The Labute approximate surface area is 169 Å². The van der Waals surface area contributed by atoms with E-state index in [2.05, 4.69) is 5.32 Å². The van der Waals surface area contributed by atoms with E-state index in [1.54, 1.807) is 19.2 Å². The second kappa shape index (κ2) is 9.16. The summed E-state index contributed by atoms with van der Waals surface area (Å²) in [6.07, 6.45) is 0. The van der Waals surface area contributed by atoms with E-state index >= 15 is 0 Å². The quantitative estimate of drug-likeness (QED) is 0.626. The molecule has 0 aromatic heterocycles. The summed E-state index contributed by atoms with van der Waals surface area (Å²) in [5.74, 6) is 1.00. The van der Waals surface area contributed by atoms with Gasteiger partial charge in [0.1, 0.15) is 6.61 Å². The summed E-state index contributed by atoms with van der Waals surface area (Å²) in [4.78, 5) is 0. The smallest absolute Gasteiger partial charge is 0.180 e. The van der Waals surface area contributed by atoms with E-state index in [1.165, 1.54) is 0 Å². The van der Waals surface area contributed by atoms with Crippen LogP contribution in [0.4, 0.5) is 0 Å². The minimum absolute atomic E-state index is 0.0305. The van der Waals surface area contributed by atoms with Crippen LogP contribution in [0.25, 0.3) is 0 Å². The molecule has 0 atom stereocenters. The normalized spacial score (nSPS) is 11.5. The Bertz CT molecular complexity index is 766. The van der Waals surface area contributed by atoms with Crippen LogP contribution in [0.15, 0.2) is 30.3 Å². The van der Waals surface area contributed by atoms with E-state index in [0.29, 0.717) is 33.1 Å². The van der Waals surface area contributed by atoms with Crippen molar-refractivity contribution in [1.82, 2.24) is 5.32 Å². The molecule has 0 unspecified atom stereocenters. The summed E-state index contributed by atoms with van der Waals surface area (Å²) < 4.78 is 11.3. The fourth-order valence-corrected chi connectivity index (χ4v) is 2.81. The third kappa shape index (κ3) is 5.66. The Hall–Kier alpha value is -1.17. The zero-order valence-corrected chi connectivity index (χ0v) is 17.2. The molecule has 0 radical (unpaired) electrons. The molecule has 2 rings (SSSR count). The number of aliphatic hydroxyl groups is 1. The van der Waals surface area contributed by atoms with Crippen LogP contribution in [-0.4, -0.2) is 24.4 Å². The lowest BCUT2D eigenvalue weighted by molar-refractivity contribution is 0.187. The average molecular weight is 419 g/mol. The molecule has 2 aromatic rings. The lowest BCUT2D eigenvalue weighted by Gasteiger charge is -2.24. The SMILES string of the molecule is COc1cc(CNC(C)(C)CO)cc(Cl)c1OCc1ccc(Cl)c(Cl)c1. The fraction of sp³-hybridized carbons (Fsp3) is 0.368. The molecule has 0 aliphatic heterocycles. The molecular formula is C19H22Cl3NO3. The van der Waals surface area contributed by atoms with Crippen LogP contribution in [-0.2, 0) is 13.2 Å². The first-order valence-electron chi connectivity index (χ1n) is 8.05. The van der Waals surface area contributed by atoms with Crippen molar-refractivity contribution in [2.45, 2.75) is 32.5 Å². The first-order valence-corrected chi connectivity index (χ1v) is 9.18. The molecule has 0 saturated carbocycles. The van der Waals surface area contributed by atoms with E-state index in [-0.39, 0.29) is 18.8 Å². The topological polar surface area (TPSA) is 50.7 Å². The number of hydrogen-bond donors (Lipinski definition) is 2. The molecule has 2 N–H and O–H groups in total. The predicted octanol–water partition coefficient (Wildman–Crippen LogP) is 5.09. The molecule has 0 fully saturated rings. The largest absolute Gasteiger partial charge is 0.493 e. The van der Waals surface area contributed by atoms with E-state index in [1.807, 2.05) is 32.0 Å². The summed E-state index contributed by atoms with van der Waals surface area (Å²) in [6.45, 7) is 4.68. The van der Waals surface area contributed by atoms with Crippen molar-refractivity contribution in [3.8, 4) is 11.5 Å². The van der Waals surface area contributed by atoms with Crippen LogP contribution in [0.1, 0.15) is 25.0 Å². The number of aliphatic hydroxyl groups excluding tert-OH is 1. The lowest BCUT2D eigenvalue weighted by Crippen LogP contribution is -2.42. The number of rotatable bonds is 8. The van der Waals surface area contributed by atoms with Gasteiger partial charge in [-0.15, -0.1) is 0 Å². The highest BCUT2D eigenvalue weighted by molar-refractivity contribution is 6.42. The molecular weight excluding hydrogens is 397 g/mol. The maximum atomic E-state index is 9.34. The van der Waals surface area contributed by atoms with Gasteiger partial charge in [-0.1, -0.05) is 40.9 Å². The monoisotopic (exact) mass is 417 g/mol. The number of benzene rings is 2. The maximum absolute atomic E-state index is 9.34. The Morgan fingerprint density at radius 2 is 1.69 bits per heavy atom. The molecule has 0 bridgehead atoms. The first kappa shape index (κ1) is 21.1. The molecule has 0 aliphatic carbocycles. The Balaban J connectivity index is 2.14. The van der Waals surface area contributed by atoms with Gasteiger partial charge in [-0.05, 0) is 49.2 Å². The predicted molar refractivity (Wildman–Crippen MR) is 107 cm³/mol. The molecule has 0 amide bonds. The molecule has 0 heterocycles. The molecule has 142 valence electrons. The minimum atomic E-state index is -0.386. The minimum Gasteiger partial charge on any atom is -0.493 e. The van der Waals surface area contributed by atoms with Crippen LogP contribution in [0.3, 0.4) is 0 Å². The van der Waals surface area contributed by atoms with Crippen LogP contribution < -0.4 is 14.8 Å². The van der Waals surface area contributed by atoms with Crippen molar-refractivity contribution in [2.24, 2.45) is 0 Å². The molecule has 26 heavy (non-hydrogen) atoms. The van der Waals surface area contributed by atoms with Crippen molar-refractivity contribution in [2.75, 3.05) is 13.7 Å². The lowest BCUT2D eigenvalue weighted by atomic mass is 10.1. The van der Waals surface area contributed by atoms with Gasteiger partial charge in [0, 0.05) is 12.1 Å². The fourth-order valence-electron chi connectivity index (χ4n) is 2.20. The molecule has 0 saturated heterocycles. The second-order valence-corrected chi connectivity index (χ2v) is 7.76. The second-order valence-electron chi connectivity index (χ2n) is 6.54. The van der Waals surface area contributed by atoms with Crippen LogP contribution in [0, 0.1) is 0 Å². The van der Waals surface area contributed by atoms with E-state index < -0.39 is 0 Å². The highest BCUT2D eigenvalue weighted by Crippen LogP contribution is 2.37. The first-order chi connectivity index (χ1) is 12.3. The zero-order chi connectivity index (χ0) is 19.3. The van der Waals surface area contributed by atoms with Crippen LogP contribution >= 0.6 is 34.8 Å². The average Bonchev–Trinajstić information content (AvgIpc) is 2.61. The number of methoxy groups -OCH3 is 1. The van der Waals surface area contributed by atoms with Gasteiger partial charge < -0.3 is 19.9 Å². The van der Waals surface area contributed by atoms with Gasteiger partial charge in [-0.2, -0.15) is 0 Å². The third-order valence-electron chi connectivity index (χ3n) is 3.82. The highest BCUT2D eigenvalue weighted by atomic mass is 35.5. The van der Waals surface area contributed by atoms with E-state index in [4.69, 9.17) is 44.3 Å². The van der Waals surface area contributed by atoms with E-state index in [0.717, 1.165) is 11.1 Å². The van der Waals surface area contributed by atoms with E-state index in [9.17, 15) is 5.11 Å². The van der Waals surface area contributed by atoms with Crippen LogP contribution in [0.2, 0.25) is 15.1 Å². The van der Waals surface area contributed by atoms with Gasteiger partial charge in [0.05, 0.1) is 28.8 Å². The summed E-state index contributed by atoms with van der Waals surface area (Å²) in [5, 5.41) is 14.0. The van der Waals surface area contributed by atoms with Gasteiger partial charge in [0.2, 0.25) is 0 Å². The van der Waals surface area contributed by atoms with Crippen molar-refractivity contribution in [3.63, 3.8) is 0 Å². The van der Waals surface area contributed by atoms with Crippen molar-refractivity contribution in [1.29, 1.82) is 0 Å². The van der Waals surface area contributed by atoms with Gasteiger partial charge in [0.15, 0.2) is 11.5 Å². The Morgan fingerprint density at radius 3 is 2.31 bits per heavy atom. The Kier molecular flexibility index (Phi) is 7.44. The summed E-state index contributed by atoms with van der Waals surface area (Å²) >= 11 is 18.3. The number of nitrogens with one attached hydrogen (secondary N) is 1. The molecule has 7 heteroatoms. The third-order valence-corrected chi connectivity index (χ3v) is 4.84. The van der Waals surface area contributed by atoms with Crippen molar-refractivity contribution >= 4 is 34.8 Å². The molecule has 0 spiro atoms. The maximum Gasteiger partial charge on any atom is 0.180 e. The number of hydrogen-bond acceptors (Lipinski definition) is 4. The summed E-state index contributed by atoms with van der Waals surface area (Å²) in [5.41, 5.74) is 1.41. The van der Waals surface area contributed by atoms with Gasteiger partial charge in [0.25, 0.3) is 0 Å². The van der Waals surface area contributed by atoms with Gasteiger partial charge in [-0.25, -0.2) is 0 Å². The molecule has 2 aromatic carbocycles. The van der Waals surface area contributed by atoms with Gasteiger partial charge in [-0.3, -0.25) is 0 Å². The Morgan fingerprint density at radius 1 is 1.00 bits per heavy atom. The number of ether oxygens (including phenoxy) is 2.